The first-order valence-corrected chi connectivity index (χ1v) is 9.24. The van der Waals surface area contributed by atoms with E-state index >= 15 is 0 Å². The molecule has 27 heavy (non-hydrogen) atoms. The third-order valence-corrected chi connectivity index (χ3v) is 4.72. The standard InChI is InChI=1S/C21H24F2N2O2/c22-21(23)27-19-10-6-9-16(13-19)20(26)24-14-17-7-2-3-8-18(17)15-25-11-4-1-5-12-25/h2-3,6-10,13,21H,1,4-5,11-12,14-15H2,(H,24,26). The Morgan fingerprint density at radius 1 is 1.04 bits per heavy atom. The zero-order chi connectivity index (χ0) is 19.1. The monoisotopic (exact) mass is 374 g/mol. The number of rotatable bonds is 7. The number of hydrogen-bond acceptors (Lipinski definition) is 3. The highest BCUT2D eigenvalue weighted by Gasteiger charge is 2.14. The summed E-state index contributed by atoms with van der Waals surface area (Å²) in [7, 11) is 0. The molecule has 0 bridgehead atoms. The summed E-state index contributed by atoms with van der Waals surface area (Å²) in [5.41, 5.74) is 2.56. The molecule has 0 aromatic heterocycles. The van der Waals surface area contributed by atoms with Crippen LogP contribution in [-0.4, -0.2) is 30.5 Å². The highest BCUT2D eigenvalue weighted by Crippen LogP contribution is 2.18. The van der Waals surface area contributed by atoms with E-state index in [-0.39, 0.29) is 11.7 Å². The Balaban J connectivity index is 1.62. The van der Waals surface area contributed by atoms with Gasteiger partial charge in [-0.1, -0.05) is 36.8 Å². The molecule has 3 rings (SSSR count). The van der Waals surface area contributed by atoms with Gasteiger partial charge in [-0.25, -0.2) is 0 Å². The van der Waals surface area contributed by atoms with Crippen LogP contribution in [0, 0.1) is 0 Å². The number of halogens is 2. The van der Waals surface area contributed by atoms with Crippen LogP contribution in [0.3, 0.4) is 0 Å². The van der Waals surface area contributed by atoms with Gasteiger partial charge in [-0.3, -0.25) is 9.69 Å². The normalized spacial score (nSPS) is 14.9. The molecule has 2 aromatic carbocycles. The fourth-order valence-electron chi connectivity index (χ4n) is 3.33. The Morgan fingerprint density at radius 2 is 1.78 bits per heavy atom. The topological polar surface area (TPSA) is 41.6 Å². The van der Waals surface area contributed by atoms with Crippen LogP contribution in [0.2, 0.25) is 0 Å². The van der Waals surface area contributed by atoms with Gasteiger partial charge in [0.1, 0.15) is 5.75 Å². The van der Waals surface area contributed by atoms with Crippen LogP contribution in [0.15, 0.2) is 48.5 Å². The van der Waals surface area contributed by atoms with Crippen molar-refractivity contribution in [2.45, 2.75) is 39.0 Å². The van der Waals surface area contributed by atoms with E-state index in [9.17, 15) is 13.6 Å². The zero-order valence-electron chi connectivity index (χ0n) is 15.2. The highest BCUT2D eigenvalue weighted by molar-refractivity contribution is 5.94. The molecule has 0 spiro atoms. The SMILES string of the molecule is O=C(NCc1ccccc1CN1CCCCC1)c1cccc(OC(F)F)c1. The van der Waals surface area contributed by atoms with Gasteiger partial charge in [-0.15, -0.1) is 0 Å². The molecule has 4 nitrogen and oxygen atoms in total. The van der Waals surface area contributed by atoms with Crippen molar-refractivity contribution in [1.82, 2.24) is 10.2 Å². The van der Waals surface area contributed by atoms with Gasteiger partial charge in [0, 0.05) is 18.7 Å². The second kappa shape index (κ2) is 9.46. The van der Waals surface area contributed by atoms with Crippen LogP contribution in [-0.2, 0) is 13.1 Å². The van der Waals surface area contributed by atoms with Crippen LogP contribution in [0.4, 0.5) is 8.78 Å². The Bertz CT molecular complexity index is 761. The molecule has 144 valence electrons. The molecule has 6 heteroatoms. The summed E-state index contributed by atoms with van der Waals surface area (Å²) in [5.74, 6) is -0.342. The Kier molecular flexibility index (Phi) is 6.76. The maximum atomic E-state index is 12.4. The van der Waals surface area contributed by atoms with Crippen molar-refractivity contribution < 1.29 is 18.3 Å². The smallest absolute Gasteiger partial charge is 0.387 e. The van der Waals surface area contributed by atoms with Crippen LogP contribution in [0.1, 0.15) is 40.7 Å². The third kappa shape index (κ3) is 5.76. The van der Waals surface area contributed by atoms with Gasteiger partial charge in [-0.2, -0.15) is 8.78 Å². The first-order valence-electron chi connectivity index (χ1n) is 9.24. The number of carbonyl (C=O) groups excluding carboxylic acids is 1. The molecule has 1 aliphatic heterocycles. The quantitative estimate of drug-likeness (QED) is 0.790. The zero-order valence-corrected chi connectivity index (χ0v) is 15.2. The lowest BCUT2D eigenvalue weighted by Crippen LogP contribution is -2.30. The Hall–Kier alpha value is -2.47. The van der Waals surface area contributed by atoms with Crippen LogP contribution in [0.5, 0.6) is 5.75 Å². The summed E-state index contributed by atoms with van der Waals surface area (Å²) < 4.78 is 29.0. The third-order valence-electron chi connectivity index (χ3n) is 4.72. The van der Waals surface area contributed by atoms with Crippen LogP contribution < -0.4 is 10.1 Å². The lowest BCUT2D eigenvalue weighted by atomic mass is 10.0. The van der Waals surface area contributed by atoms with E-state index in [0.29, 0.717) is 12.1 Å². The van der Waals surface area contributed by atoms with Gasteiger partial charge in [0.2, 0.25) is 0 Å². The largest absolute Gasteiger partial charge is 0.435 e. The second-order valence-electron chi connectivity index (χ2n) is 6.69. The fourth-order valence-corrected chi connectivity index (χ4v) is 3.33. The lowest BCUT2D eigenvalue weighted by Gasteiger charge is -2.27. The van der Waals surface area contributed by atoms with Crippen LogP contribution >= 0.6 is 0 Å². The van der Waals surface area contributed by atoms with Crippen molar-refractivity contribution in [3.63, 3.8) is 0 Å². The van der Waals surface area contributed by atoms with Crippen molar-refractivity contribution in [1.29, 1.82) is 0 Å². The summed E-state index contributed by atoms with van der Waals surface area (Å²) in [6.07, 6.45) is 3.76. The van der Waals surface area contributed by atoms with E-state index in [4.69, 9.17) is 0 Å². The van der Waals surface area contributed by atoms with Gasteiger partial charge in [-0.05, 0) is 55.3 Å². The average Bonchev–Trinajstić information content (AvgIpc) is 2.67. The van der Waals surface area contributed by atoms with E-state index < -0.39 is 6.61 Å². The number of likely N-dealkylation sites (tertiary alicyclic amines) is 1. The first-order chi connectivity index (χ1) is 13.1. The molecule has 1 saturated heterocycles. The van der Waals surface area contributed by atoms with Gasteiger partial charge in [0.15, 0.2) is 0 Å². The van der Waals surface area contributed by atoms with Crippen molar-refractivity contribution in [3.05, 3.63) is 65.2 Å². The molecule has 1 aliphatic rings. The number of ether oxygens (including phenoxy) is 1. The van der Waals surface area contributed by atoms with Gasteiger partial charge >= 0.3 is 6.61 Å². The van der Waals surface area contributed by atoms with E-state index in [1.165, 1.54) is 43.0 Å². The summed E-state index contributed by atoms with van der Waals surface area (Å²) in [6, 6.07) is 13.9. The molecule has 1 heterocycles. The van der Waals surface area contributed by atoms with Crippen molar-refractivity contribution in [2.24, 2.45) is 0 Å². The second-order valence-corrected chi connectivity index (χ2v) is 6.69. The van der Waals surface area contributed by atoms with E-state index in [0.717, 1.165) is 25.2 Å². The molecule has 0 aliphatic carbocycles. The molecule has 0 atom stereocenters. The first kappa shape index (κ1) is 19.3. The number of carbonyl (C=O) groups is 1. The molecular formula is C21H24F2N2O2. The number of piperidine rings is 1. The molecule has 1 fully saturated rings. The minimum atomic E-state index is -2.91. The number of amides is 1. The number of hydrogen-bond donors (Lipinski definition) is 1. The highest BCUT2D eigenvalue weighted by atomic mass is 19.3. The van der Waals surface area contributed by atoms with E-state index in [1.54, 1.807) is 6.07 Å². The van der Waals surface area contributed by atoms with Crippen molar-refractivity contribution in [3.8, 4) is 5.75 Å². The Labute approximate surface area is 158 Å². The number of benzene rings is 2. The Morgan fingerprint density at radius 3 is 2.52 bits per heavy atom. The molecule has 2 aromatic rings. The number of nitrogens with zero attached hydrogens (tertiary/aromatic N) is 1. The van der Waals surface area contributed by atoms with Crippen LogP contribution in [0.25, 0.3) is 0 Å². The van der Waals surface area contributed by atoms with E-state index in [1.807, 2.05) is 18.2 Å². The van der Waals surface area contributed by atoms with Gasteiger partial charge in [0.25, 0.3) is 5.91 Å². The number of nitrogens with one attached hydrogen (secondary N) is 1. The van der Waals surface area contributed by atoms with Gasteiger partial charge < -0.3 is 10.1 Å². The van der Waals surface area contributed by atoms with Crippen molar-refractivity contribution in [2.75, 3.05) is 13.1 Å². The molecule has 0 unspecified atom stereocenters. The summed E-state index contributed by atoms with van der Waals surface area (Å²) in [5, 5.41) is 2.87. The molecule has 0 saturated carbocycles. The van der Waals surface area contributed by atoms with Gasteiger partial charge in [0.05, 0.1) is 0 Å². The summed E-state index contributed by atoms with van der Waals surface area (Å²) in [4.78, 5) is 14.8. The fraction of sp³-hybridized carbons (Fsp3) is 0.381. The minimum Gasteiger partial charge on any atom is -0.435 e. The lowest BCUT2D eigenvalue weighted by molar-refractivity contribution is -0.0498. The van der Waals surface area contributed by atoms with Crippen molar-refractivity contribution >= 4 is 5.91 Å². The minimum absolute atomic E-state index is 0.0249. The average molecular weight is 374 g/mol. The maximum Gasteiger partial charge on any atom is 0.387 e. The van der Waals surface area contributed by atoms with E-state index in [2.05, 4.69) is 21.0 Å². The molecule has 0 radical (unpaired) electrons. The number of alkyl halides is 2. The summed E-state index contributed by atoms with van der Waals surface area (Å²) in [6.45, 7) is 0.576. The molecule has 1 amide bonds. The molecule has 1 N–H and O–H groups in total. The summed E-state index contributed by atoms with van der Waals surface area (Å²) >= 11 is 0. The predicted molar refractivity (Wildman–Crippen MR) is 99.8 cm³/mol. The maximum absolute atomic E-state index is 12.4. The predicted octanol–water partition coefficient (Wildman–Crippen LogP) is 4.20. The molecular weight excluding hydrogens is 350 g/mol.